The maximum absolute atomic E-state index is 12.7. The van der Waals surface area contributed by atoms with Gasteiger partial charge >= 0.3 is 6.18 Å². The molecule has 1 aliphatic rings. The molecule has 1 aliphatic heterocycles. The molecule has 2 atom stereocenters. The van der Waals surface area contributed by atoms with Crippen LogP contribution in [-0.4, -0.2) is 41.1 Å². The monoisotopic (exact) mass is 490 g/mol. The van der Waals surface area contributed by atoms with Crippen molar-refractivity contribution in [1.29, 1.82) is 0 Å². The van der Waals surface area contributed by atoms with Crippen LogP contribution in [0, 0.1) is 5.92 Å². The van der Waals surface area contributed by atoms with Gasteiger partial charge in [0.15, 0.2) is 11.6 Å². The number of hydrogen-bond donors (Lipinski definition) is 0. The minimum atomic E-state index is -4.35. The molecule has 1 aromatic heterocycles. The van der Waals surface area contributed by atoms with Gasteiger partial charge in [0.2, 0.25) is 0 Å². The van der Waals surface area contributed by atoms with Crippen molar-refractivity contribution in [2.45, 2.75) is 71.9 Å². The van der Waals surface area contributed by atoms with Crippen LogP contribution >= 0.6 is 0 Å². The fourth-order valence-corrected chi connectivity index (χ4v) is 4.16. The zero-order chi connectivity index (χ0) is 26.0. The molecule has 0 radical (unpaired) electrons. The van der Waals surface area contributed by atoms with E-state index in [9.17, 15) is 22.8 Å². The summed E-state index contributed by atoms with van der Waals surface area (Å²) in [4.78, 5) is 29.4. The molecule has 2 aromatic rings. The predicted molar refractivity (Wildman–Crippen MR) is 133 cm³/mol. The lowest BCUT2D eigenvalue weighted by molar-refractivity contribution is -0.141. The third-order valence-corrected chi connectivity index (χ3v) is 6.46. The molecular weight excluding hydrogens is 453 g/mol. The fraction of sp³-hybridized carbons (Fsp3) is 0.536. The lowest BCUT2D eigenvalue weighted by Gasteiger charge is -2.16. The lowest BCUT2D eigenvalue weighted by atomic mass is 9.92. The summed E-state index contributed by atoms with van der Waals surface area (Å²) in [6.45, 7) is 10.4. The van der Waals surface area contributed by atoms with E-state index in [-0.39, 0.29) is 23.4 Å². The quantitative estimate of drug-likeness (QED) is 0.276. The van der Waals surface area contributed by atoms with E-state index in [1.807, 2.05) is 13.8 Å². The smallest absolute Gasteiger partial charge is 0.303 e. The Morgan fingerprint density at radius 2 is 1.74 bits per heavy atom. The van der Waals surface area contributed by atoms with Gasteiger partial charge < -0.3 is 4.90 Å². The highest BCUT2D eigenvalue weighted by molar-refractivity contribution is 6.08. The molecule has 1 fully saturated rings. The van der Waals surface area contributed by atoms with Gasteiger partial charge in [-0.1, -0.05) is 63.9 Å². The standard InChI is InChI=1S/C15H21F3N2.C13H16O2/c1-2-3-4-9-20-10-8-12(11-20)13-6-5-7-14(19-13)15(16,17)18;1-4-9(2)13(15)12-8-6-5-7-11(12)10(3)14/h5-7,12H,2-4,8-11H2,1H3;5-9H,4H2,1-3H3. The number of likely N-dealkylation sites (tertiary alicyclic amines) is 1. The fourth-order valence-electron chi connectivity index (χ4n) is 4.16. The van der Waals surface area contributed by atoms with E-state index in [2.05, 4.69) is 16.8 Å². The Kier molecular flexibility index (Phi) is 11.1. The highest BCUT2D eigenvalue weighted by atomic mass is 19.4. The third kappa shape index (κ3) is 8.57. The van der Waals surface area contributed by atoms with Crippen molar-refractivity contribution in [3.8, 4) is 0 Å². The van der Waals surface area contributed by atoms with Crippen molar-refractivity contribution in [2.75, 3.05) is 19.6 Å². The number of ketones is 2. The summed E-state index contributed by atoms with van der Waals surface area (Å²) >= 11 is 0. The maximum Gasteiger partial charge on any atom is 0.433 e. The summed E-state index contributed by atoms with van der Waals surface area (Å²) in [6.07, 6.45) is 0.912. The van der Waals surface area contributed by atoms with Crippen LogP contribution in [0.5, 0.6) is 0 Å². The summed E-state index contributed by atoms with van der Waals surface area (Å²) in [5.74, 6) is 0.120. The van der Waals surface area contributed by atoms with Gasteiger partial charge in [0.05, 0.1) is 0 Å². The number of rotatable bonds is 9. The molecule has 0 bridgehead atoms. The minimum absolute atomic E-state index is 0.0227. The van der Waals surface area contributed by atoms with Crippen LogP contribution in [0.15, 0.2) is 42.5 Å². The summed E-state index contributed by atoms with van der Waals surface area (Å²) in [6, 6.07) is 11.2. The number of pyridine rings is 1. The van der Waals surface area contributed by atoms with Crippen molar-refractivity contribution in [2.24, 2.45) is 5.92 Å². The highest BCUT2D eigenvalue weighted by Gasteiger charge is 2.33. The van der Waals surface area contributed by atoms with Gasteiger partial charge in [-0.25, -0.2) is 4.98 Å². The highest BCUT2D eigenvalue weighted by Crippen LogP contribution is 2.31. The number of nitrogens with zero attached hydrogens (tertiary/aromatic N) is 2. The summed E-state index contributed by atoms with van der Waals surface area (Å²) in [5.41, 5.74) is 0.888. The van der Waals surface area contributed by atoms with Gasteiger partial charge in [0.25, 0.3) is 0 Å². The number of aromatic nitrogens is 1. The Morgan fingerprint density at radius 1 is 1.06 bits per heavy atom. The van der Waals surface area contributed by atoms with E-state index in [1.165, 1.54) is 32.3 Å². The molecule has 1 saturated heterocycles. The molecule has 2 heterocycles. The topological polar surface area (TPSA) is 50.3 Å². The second kappa shape index (κ2) is 13.5. The van der Waals surface area contributed by atoms with E-state index < -0.39 is 11.9 Å². The van der Waals surface area contributed by atoms with Gasteiger partial charge in [-0.3, -0.25) is 9.59 Å². The second-order valence-corrected chi connectivity index (χ2v) is 9.21. The summed E-state index contributed by atoms with van der Waals surface area (Å²) < 4.78 is 38.0. The maximum atomic E-state index is 12.7. The Bertz CT molecular complexity index is 975. The van der Waals surface area contributed by atoms with E-state index >= 15 is 0 Å². The number of Topliss-reactive ketones (excluding diaryl/α,β-unsaturated/α-hetero) is 2. The molecule has 0 N–H and O–H groups in total. The van der Waals surface area contributed by atoms with Crippen molar-refractivity contribution in [1.82, 2.24) is 9.88 Å². The molecule has 0 spiro atoms. The van der Waals surface area contributed by atoms with E-state index in [0.717, 1.165) is 38.5 Å². The zero-order valence-electron chi connectivity index (χ0n) is 21.2. The average molecular weight is 491 g/mol. The zero-order valence-corrected chi connectivity index (χ0v) is 21.2. The largest absolute Gasteiger partial charge is 0.433 e. The molecular formula is C28H37F3N2O2. The first kappa shape index (κ1) is 28.7. The molecule has 192 valence electrons. The molecule has 0 saturated carbocycles. The van der Waals surface area contributed by atoms with Crippen LogP contribution < -0.4 is 0 Å². The van der Waals surface area contributed by atoms with Crippen LogP contribution in [0.4, 0.5) is 13.2 Å². The van der Waals surface area contributed by atoms with Crippen molar-refractivity contribution >= 4 is 11.6 Å². The molecule has 0 amide bonds. The second-order valence-electron chi connectivity index (χ2n) is 9.21. The van der Waals surface area contributed by atoms with Gasteiger partial charge in [-0.15, -0.1) is 0 Å². The van der Waals surface area contributed by atoms with Crippen LogP contribution in [0.25, 0.3) is 0 Å². The van der Waals surface area contributed by atoms with Gasteiger partial charge in [0, 0.05) is 35.2 Å². The minimum Gasteiger partial charge on any atom is -0.303 e. The Hall–Kier alpha value is -2.54. The van der Waals surface area contributed by atoms with E-state index in [1.54, 1.807) is 30.3 Å². The van der Waals surface area contributed by atoms with Gasteiger partial charge in [-0.2, -0.15) is 13.2 Å². The van der Waals surface area contributed by atoms with Gasteiger partial charge in [-0.05, 0) is 51.4 Å². The molecule has 35 heavy (non-hydrogen) atoms. The number of hydrogen-bond acceptors (Lipinski definition) is 4. The Labute approximate surface area is 206 Å². The van der Waals surface area contributed by atoms with E-state index in [0.29, 0.717) is 16.8 Å². The number of carbonyl (C=O) groups excluding carboxylic acids is 2. The SMILES string of the molecule is CCC(C)C(=O)c1ccccc1C(C)=O.CCCCCN1CCC(c2cccc(C(F)(F)F)n2)C1. The van der Waals surface area contributed by atoms with Crippen molar-refractivity contribution in [3.05, 3.63) is 65.0 Å². The molecule has 4 nitrogen and oxygen atoms in total. The third-order valence-electron chi connectivity index (χ3n) is 6.46. The first-order chi connectivity index (χ1) is 16.6. The van der Waals surface area contributed by atoms with E-state index in [4.69, 9.17) is 0 Å². The van der Waals surface area contributed by atoms with Crippen LogP contribution in [0.1, 0.15) is 97.8 Å². The number of halogens is 3. The average Bonchev–Trinajstić information content (AvgIpc) is 3.32. The summed E-state index contributed by atoms with van der Waals surface area (Å²) in [5, 5.41) is 0. The number of carbonyl (C=O) groups is 2. The van der Waals surface area contributed by atoms with Crippen LogP contribution in [0.2, 0.25) is 0 Å². The van der Waals surface area contributed by atoms with Crippen LogP contribution in [-0.2, 0) is 6.18 Å². The predicted octanol–water partition coefficient (Wildman–Crippen LogP) is 7.20. The van der Waals surface area contributed by atoms with Crippen LogP contribution in [0.3, 0.4) is 0 Å². The first-order valence-corrected chi connectivity index (χ1v) is 12.5. The molecule has 3 rings (SSSR count). The Morgan fingerprint density at radius 3 is 2.34 bits per heavy atom. The molecule has 7 heteroatoms. The molecule has 1 aromatic carbocycles. The Balaban J connectivity index is 0.000000258. The molecule has 0 aliphatic carbocycles. The lowest BCUT2D eigenvalue weighted by Crippen LogP contribution is -2.22. The number of benzene rings is 1. The number of unbranched alkanes of at least 4 members (excludes halogenated alkanes) is 2. The van der Waals surface area contributed by atoms with Crippen molar-refractivity contribution < 1.29 is 22.8 Å². The summed E-state index contributed by atoms with van der Waals surface area (Å²) in [7, 11) is 0. The number of alkyl halides is 3. The van der Waals surface area contributed by atoms with Gasteiger partial charge in [0.1, 0.15) is 5.69 Å². The van der Waals surface area contributed by atoms with Crippen molar-refractivity contribution in [3.63, 3.8) is 0 Å². The molecule has 2 unspecified atom stereocenters. The first-order valence-electron chi connectivity index (χ1n) is 12.5. The normalized spacial score (nSPS) is 16.9.